The maximum Gasteiger partial charge on any atom is 0.323 e. The van der Waals surface area contributed by atoms with E-state index in [1.165, 1.54) is 40.5 Å². The number of benzene rings is 2. The zero-order valence-electron chi connectivity index (χ0n) is 16.3. The molecule has 4 heteroatoms. The van der Waals surface area contributed by atoms with Crippen molar-refractivity contribution in [2.75, 3.05) is 12.4 Å². The molecule has 2 aromatic carbocycles. The predicted octanol–water partition coefficient (Wildman–Crippen LogP) is 4.86. The molecule has 0 saturated heterocycles. The Morgan fingerprint density at radius 1 is 0.923 bits per heavy atom. The number of carbonyl (C=O) groups is 1. The Morgan fingerprint density at radius 3 is 1.62 bits per heavy atom. The summed E-state index contributed by atoms with van der Waals surface area (Å²) in [6, 6.07) is 12.3. The van der Waals surface area contributed by atoms with Crippen molar-refractivity contribution in [3.05, 3.63) is 69.8 Å². The van der Waals surface area contributed by atoms with Crippen molar-refractivity contribution in [2.24, 2.45) is 0 Å². The Kier molecular flexibility index (Phi) is 7.42. The van der Waals surface area contributed by atoms with Crippen LogP contribution in [0.25, 0.3) is 0 Å². The number of hydrogen-bond donors (Lipinski definition) is 0. The maximum absolute atomic E-state index is 12.4. The van der Waals surface area contributed by atoms with Crippen LogP contribution in [-0.4, -0.2) is 29.4 Å². The first kappa shape index (κ1) is 20.7. The summed E-state index contributed by atoms with van der Waals surface area (Å²) in [7, 11) is 1.45. The van der Waals surface area contributed by atoms with Crippen molar-refractivity contribution < 1.29 is 9.53 Å². The van der Waals surface area contributed by atoms with Gasteiger partial charge in [-0.05, 0) is 61.1 Å². The zero-order valence-corrected chi connectivity index (χ0v) is 17.9. The number of nitrogens with zero attached hydrogens (tertiary/aromatic N) is 1. The van der Waals surface area contributed by atoms with E-state index in [-0.39, 0.29) is 12.0 Å². The quantitative estimate of drug-likeness (QED) is 0.475. The second-order valence-electron chi connectivity index (χ2n) is 6.84. The van der Waals surface area contributed by atoms with Gasteiger partial charge in [-0.25, -0.2) is 0 Å². The molecule has 0 aliphatic heterocycles. The molecule has 0 spiro atoms. The average molecular weight is 418 g/mol. The summed E-state index contributed by atoms with van der Waals surface area (Å²) in [4.78, 5) is 14.6. The molecule has 3 nitrogen and oxygen atoms in total. The van der Waals surface area contributed by atoms with Gasteiger partial charge in [0.15, 0.2) is 0 Å². The van der Waals surface area contributed by atoms with E-state index in [9.17, 15) is 4.79 Å². The Balaban J connectivity index is 2.43. The van der Waals surface area contributed by atoms with Crippen molar-refractivity contribution >= 4 is 21.9 Å². The van der Waals surface area contributed by atoms with E-state index in [4.69, 9.17) is 4.74 Å². The summed E-state index contributed by atoms with van der Waals surface area (Å²) < 4.78 is 5.07. The summed E-state index contributed by atoms with van der Waals surface area (Å²) in [6.45, 7) is 9.92. The number of methoxy groups -OCH3 is 1. The van der Waals surface area contributed by atoms with Crippen LogP contribution in [-0.2, 0) is 22.6 Å². The van der Waals surface area contributed by atoms with Gasteiger partial charge in [-0.15, -0.1) is 0 Å². The van der Waals surface area contributed by atoms with Crippen LogP contribution < -0.4 is 0 Å². The van der Waals surface area contributed by atoms with Gasteiger partial charge < -0.3 is 4.74 Å². The molecule has 140 valence electrons. The molecule has 2 rings (SSSR count). The van der Waals surface area contributed by atoms with Crippen LogP contribution in [0.1, 0.15) is 33.4 Å². The predicted molar refractivity (Wildman–Crippen MR) is 111 cm³/mol. The van der Waals surface area contributed by atoms with Crippen LogP contribution in [0, 0.1) is 27.7 Å². The van der Waals surface area contributed by atoms with Gasteiger partial charge in [0.05, 0.1) is 7.11 Å². The number of carbonyl (C=O) groups excluding carboxylic acids is 1. The van der Waals surface area contributed by atoms with Crippen molar-refractivity contribution in [1.82, 2.24) is 4.90 Å². The van der Waals surface area contributed by atoms with Crippen molar-refractivity contribution in [1.29, 1.82) is 0 Å². The largest absolute Gasteiger partial charge is 0.468 e. The Labute approximate surface area is 165 Å². The first-order chi connectivity index (χ1) is 12.4. The van der Waals surface area contributed by atoms with E-state index < -0.39 is 0 Å². The highest BCUT2D eigenvalue weighted by molar-refractivity contribution is 9.09. The summed E-state index contributed by atoms with van der Waals surface area (Å²) >= 11 is 3.52. The minimum Gasteiger partial charge on any atom is -0.468 e. The van der Waals surface area contributed by atoms with Gasteiger partial charge >= 0.3 is 5.97 Å². The lowest BCUT2D eigenvalue weighted by atomic mass is 9.99. The molecule has 0 aliphatic carbocycles. The molecule has 0 aliphatic rings. The minimum absolute atomic E-state index is 0.209. The smallest absolute Gasteiger partial charge is 0.323 e. The summed E-state index contributed by atoms with van der Waals surface area (Å²) in [5.41, 5.74) is 7.52. The second-order valence-corrected chi connectivity index (χ2v) is 7.49. The molecule has 26 heavy (non-hydrogen) atoms. The van der Waals surface area contributed by atoms with E-state index in [0.29, 0.717) is 18.4 Å². The Morgan fingerprint density at radius 2 is 1.31 bits per heavy atom. The fourth-order valence-corrected chi connectivity index (χ4v) is 4.00. The molecule has 2 aromatic rings. The molecule has 0 heterocycles. The number of halogens is 1. The van der Waals surface area contributed by atoms with E-state index in [1.807, 2.05) is 0 Å². The Hall–Kier alpha value is -1.65. The van der Waals surface area contributed by atoms with Gasteiger partial charge in [0, 0.05) is 18.4 Å². The van der Waals surface area contributed by atoms with Gasteiger partial charge in [-0.2, -0.15) is 0 Å². The topological polar surface area (TPSA) is 29.5 Å². The van der Waals surface area contributed by atoms with Crippen molar-refractivity contribution in [3.8, 4) is 0 Å². The fraction of sp³-hybridized carbons (Fsp3) is 0.409. The minimum atomic E-state index is -0.335. The first-order valence-corrected chi connectivity index (χ1v) is 9.99. The van der Waals surface area contributed by atoms with Gasteiger partial charge in [0.2, 0.25) is 0 Å². The third kappa shape index (κ3) is 4.74. The molecule has 1 atom stereocenters. The SMILES string of the molecule is COC(=O)C(CBr)N(Cc1c(C)cccc1C)Cc1c(C)cccc1C. The summed E-state index contributed by atoms with van der Waals surface area (Å²) in [5.74, 6) is -0.209. The molecule has 0 N–H and O–H groups in total. The molecule has 1 unspecified atom stereocenters. The molecule has 0 fully saturated rings. The third-order valence-electron chi connectivity index (χ3n) is 5.07. The Bertz CT molecular complexity index is 679. The lowest BCUT2D eigenvalue weighted by molar-refractivity contribution is -0.146. The van der Waals surface area contributed by atoms with Gasteiger partial charge in [-0.3, -0.25) is 9.69 Å². The van der Waals surface area contributed by atoms with Gasteiger partial charge in [0.1, 0.15) is 6.04 Å². The maximum atomic E-state index is 12.4. The molecule has 0 amide bonds. The lowest BCUT2D eigenvalue weighted by Crippen LogP contribution is -2.42. The van der Waals surface area contributed by atoms with E-state index in [2.05, 4.69) is 84.9 Å². The lowest BCUT2D eigenvalue weighted by Gasteiger charge is -2.31. The monoisotopic (exact) mass is 417 g/mol. The van der Waals surface area contributed by atoms with Crippen molar-refractivity contribution in [2.45, 2.75) is 46.8 Å². The second kappa shape index (κ2) is 9.33. The molecular weight excluding hydrogens is 390 g/mol. The van der Waals surface area contributed by atoms with E-state index >= 15 is 0 Å². The first-order valence-electron chi connectivity index (χ1n) is 8.87. The standard InChI is InChI=1S/C22H28BrNO2/c1-15-8-6-9-16(2)19(15)13-24(21(12-23)22(25)26-5)14-20-17(3)10-7-11-18(20)4/h6-11,21H,12-14H2,1-5H3. The number of hydrogen-bond acceptors (Lipinski definition) is 3. The molecule has 0 bridgehead atoms. The fourth-order valence-electron chi connectivity index (χ4n) is 3.32. The molecule has 0 aromatic heterocycles. The highest BCUT2D eigenvalue weighted by Gasteiger charge is 2.27. The van der Waals surface area contributed by atoms with Gasteiger partial charge in [0.25, 0.3) is 0 Å². The summed E-state index contributed by atoms with van der Waals surface area (Å²) in [6.07, 6.45) is 0. The molecular formula is C22H28BrNO2. The zero-order chi connectivity index (χ0) is 19.3. The molecule has 0 saturated carbocycles. The summed E-state index contributed by atoms with van der Waals surface area (Å²) in [5, 5.41) is 0.537. The van der Waals surface area contributed by atoms with Crippen LogP contribution in [0.3, 0.4) is 0 Å². The van der Waals surface area contributed by atoms with Crippen LogP contribution in [0.15, 0.2) is 36.4 Å². The van der Waals surface area contributed by atoms with Gasteiger partial charge in [-0.1, -0.05) is 52.3 Å². The third-order valence-corrected chi connectivity index (χ3v) is 5.68. The number of aryl methyl sites for hydroxylation is 4. The highest BCUT2D eigenvalue weighted by Crippen LogP contribution is 2.23. The van der Waals surface area contributed by atoms with Crippen LogP contribution >= 0.6 is 15.9 Å². The van der Waals surface area contributed by atoms with Crippen molar-refractivity contribution in [3.63, 3.8) is 0 Å². The van der Waals surface area contributed by atoms with Crippen LogP contribution in [0.2, 0.25) is 0 Å². The van der Waals surface area contributed by atoms with E-state index in [0.717, 1.165) is 0 Å². The number of rotatable bonds is 7. The van der Waals surface area contributed by atoms with Crippen LogP contribution in [0.5, 0.6) is 0 Å². The number of alkyl halides is 1. The number of ether oxygens (including phenoxy) is 1. The highest BCUT2D eigenvalue weighted by atomic mass is 79.9. The average Bonchev–Trinajstić information content (AvgIpc) is 2.61. The van der Waals surface area contributed by atoms with Crippen LogP contribution in [0.4, 0.5) is 0 Å². The molecule has 0 radical (unpaired) electrons. The number of esters is 1. The van der Waals surface area contributed by atoms with E-state index in [1.54, 1.807) is 0 Å². The normalized spacial score (nSPS) is 12.3.